The monoisotopic (exact) mass is 220 g/mol. The van der Waals surface area contributed by atoms with E-state index >= 15 is 0 Å². The Labute approximate surface area is 99.2 Å². The molecule has 0 radical (unpaired) electrons. The van der Waals surface area contributed by atoms with E-state index in [0.29, 0.717) is 6.04 Å². The molecular weight excluding hydrogens is 196 g/mol. The lowest BCUT2D eigenvalue weighted by Gasteiger charge is -2.27. The number of hydrogen-bond donors (Lipinski definition) is 2. The number of benzene rings is 1. The Balaban J connectivity index is 2.99. The molecule has 0 saturated heterocycles. The minimum absolute atomic E-state index is 0.149. The Morgan fingerprint density at radius 2 is 1.94 bits per heavy atom. The fourth-order valence-electron chi connectivity index (χ4n) is 2.03. The molecule has 0 saturated carbocycles. The van der Waals surface area contributed by atoms with Gasteiger partial charge in [-0.05, 0) is 52.3 Å². The van der Waals surface area contributed by atoms with Gasteiger partial charge < -0.3 is 11.1 Å². The van der Waals surface area contributed by atoms with Crippen LogP contribution in [0.25, 0.3) is 0 Å². The Bertz CT molecular complexity index is 350. The number of rotatable bonds is 4. The predicted octanol–water partition coefficient (Wildman–Crippen LogP) is 2.69. The highest BCUT2D eigenvalue weighted by Crippen LogP contribution is 2.25. The third-order valence-corrected chi connectivity index (χ3v) is 2.89. The molecule has 16 heavy (non-hydrogen) atoms. The van der Waals surface area contributed by atoms with Crippen LogP contribution in [0.2, 0.25) is 0 Å². The molecule has 1 unspecified atom stereocenters. The van der Waals surface area contributed by atoms with Crippen LogP contribution in [0.15, 0.2) is 18.2 Å². The minimum Gasteiger partial charge on any atom is -0.325 e. The fraction of sp³-hybridized carbons (Fsp3) is 0.571. The Morgan fingerprint density at radius 3 is 2.44 bits per heavy atom. The number of hydrogen-bond acceptors (Lipinski definition) is 2. The van der Waals surface area contributed by atoms with Gasteiger partial charge in [0, 0.05) is 11.6 Å². The first kappa shape index (κ1) is 13.2. The van der Waals surface area contributed by atoms with E-state index in [4.69, 9.17) is 5.73 Å². The van der Waals surface area contributed by atoms with Crippen molar-refractivity contribution in [2.45, 2.75) is 45.7 Å². The Hall–Kier alpha value is -0.860. The van der Waals surface area contributed by atoms with Crippen molar-refractivity contribution in [1.82, 2.24) is 5.32 Å². The molecule has 0 fully saturated rings. The summed E-state index contributed by atoms with van der Waals surface area (Å²) in [7, 11) is 2.00. The zero-order valence-corrected chi connectivity index (χ0v) is 11.1. The molecule has 0 bridgehead atoms. The first-order valence-electron chi connectivity index (χ1n) is 5.87. The van der Waals surface area contributed by atoms with Crippen LogP contribution in [0.4, 0.5) is 0 Å². The quantitative estimate of drug-likeness (QED) is 0.818. The first-order valence-corrected chi connectivity index (χ1v) is 5.87. The van der Waals surface area contributed by atoms with Crippen molar-refractivity contribution in [1.29, 1.82) is 0 Å². The summed E-state index contributed by atoms with van der Waals surface area (Å²) in [5, 5.41) is 3.36. The van der Waals surface area contributed by atoms with Crippen LogP contribution in [0.1, 0.15) is 43.0 Å². The van der Waals surface area contributed by atoms with E-state index < -0.39 is 0 Å². The standard InChI is InChI=1S/C14H24N2/c1-10-6-7-11(2)12(8-10)13(16-5)9-14(3,4)15/h6-8,13,16H,9,15H2,1-5H3. The largest absolute Gasteiger partial charge is 0.325 e. The van der Waals surface area contributed by atoms with Crippen molar-refractivity contribution in [3.8, 4) is 0 Å². The molecule has 0 aromatic heterocycles. The zero-order chi connectivity index (χ0) is 12.3. The van der Waals surface area contributed by atoms with Gasteiger partial charge in [-0.25, -0.2) is 0 Å². The highest BCUT2D eigenvalue weighted by atomic mass is 14.9. The maximum atomic E-state index is 6.10. The van der Waals surface area contributed by atoms with Crippen LogP contribution in [0.5, 0.6) is 0 Å². The van der Waals surface area contributed by atoms with E-state index in [2.05, 4.69) is 51.2 Å². The first-order chi connectivity index (χ1) is 7.33. The highest BCUT2D eigenvalue weighted by Gasteiger charge is 2.20. The average molecular weight is 220 g/mol. The molecule has 1 atom stereocenters. The second kappa shape index (κ2) is 4.98. The van der Waals surface area contributed by atoms with E-state index in [1.165, 1.54) is 16.7 Å². The van der Waals surface area contributed by atoms with Crippen LogP contribution in [-0.4, -0.2) is 12.6 Å². The van der Waals surface area contributed by atoms with Crippen molar-refractivity contribution >= 4 is 0 Å². The maximum absolute atomic E-state index is 6.10. The van der Waals surface area contributed by atoms with Crippen LogP contribution in [0.3, 0.4) is 0 Å². The predicted molar refractivity (Wildman–Crippen MR) is 70.6 cm³/mol. The molecule has 3 N–H and O–H groups in total. The SMILES string of the molecule is CNC(CC(C)(C)N)c1cc(C)ccc1C. The van der Waals surface area contributed by atoms with Gasteiger partial charge in [-0.3, -0.25) is 0 Å². The molecule has 90 valence electrons. The lowest BCUT2D eigenvalue weighted by molar-refractivity contribution is 0.395. The van der Waals surface area contributed by atoms with E-state index in [1.807, 2.05) is 7.05 Å². The van der Waals surface area contributed by atoms with Crippen LogP contribution in [0, 0.1) is 13.8 Å². The van der Waals surface area contributed by atoms with Gasteiger partial charge >= 0.3 is 0 Å². The molecule has 0 aliphatic carbocycles. The van der Waals surface area contributed by atoms with Crippen LogP contribution < -0.4 is 11.1 Å². The molecule has 1 aromatic rings. The summed E-state index contributed by atoms with van der Waals surface area (Å²) in [6.07, 6.45) is 0.938. The van der Waals surface area contributed by atoms with Crippen molar-refractivity contribution in [3.05, 3.63) is 34.9 Å². The zero-order valence-electron chi connectivity index (χ0n) is 11.1. The van der Waals surface area contributed by atoms with Crippen LogP contribution in [-0.2, 0) is 0 Å². The van der Waals surface area contributed by atoms with Gasteiger partial charge in [-0.1, -0.05) is 23.8 Å². The van der Waals surface area contributed by atoms with Crippen LogP contribution >= 0.6 is 0 Å². The normalized spacial score (nSPS) is 13.9. The molecule has 0 aliphatic rings. The molecule has 0 aliphatic heterocycles. The van der Waals surface area contributed by atoms with Gasteiger partial charge in [0.15, 0.2) is 0 Å². The second-order valence-electron chi connectivity index (χ2n) is 5.39. The Kier molecular flexibility index (Phi) is 4.11. The van der Waals surface area contributed by atoms with E-state index in [-0.39, 0.29) is 5.54 Å². The molecule has 1 aromatic carbocycles. The smallest absolute Gasteiger partial charge is 0.0337 e. The lowest BCUT2D eigenvalue weighted by Crippen LogP contribution is -2.37. The van der Waals surface area contributed by atoms with Gasteiger partial charge in [0.25, 0.3) is 0 Å². The molecule has 0 spiro atoms. The second-order valence-corrected chi connectivity index (χ2v) is 5.39. The topological polar surface area (TPSA) is 38.0 Å². The summed E-state index contributed by atoms with van der Waals surface area (Å²) in [4.78, 5) is 0. The summed E-state index contributed by atoms with van der Waals surface area (Å²) in [5.74, 6) is 0. The Morgan fingerprint density at radius 1 is 1.31 bits per heavy atom. The van der Waals surface area contributed by atoms with E-state index in [9.17, 15) is 0 Å². The molecule has 1 rings (SSSR count). The van der Waals surface area contributed by atoms with Gasteiger partial charge in [0.2, 0.25) is 0 Å². The fourth-order valence-corrected chi connectivity index (χ4v) is 2.03. The van der Waals surface area contributed by atoms with Gasteiger partial charge in [-0.2, -0.15) is 0 Å². The van der Waals surface area contributed by atoms with Crippen molar-refractivity contribution in [3.63, 3.8) is 0 Å². The van der Waals surface area contributed by atoms with Crippen molar-refractivity contribution in [2.24, 2.45) is 5.73 Å². The third-order valence-electron chi connectivity index (χ3n) is 2.89. The third kappa shape index (κ3) is 3.62. The maximum Gasteiger partial charge on any atom is 0.0337 e. The van der Waals surface area contributed by atoms with E-state index in [1.54, 1.807) is 0 Å². The van der Waals surface area contributed by atoms with Gasteiger partial charge in [0.1, 0.15) is 0 Å². The van der Waals surface area contributed by atoms with Gasteiger partial charge in [-0.15, -0.1) is 0 Å². The number of nitrogens with two attached hydrogens (primary N) is 1. The highest BCUT2D eigenvalue weighted by molar-refractivity contribution is 5.33. The summed E-state index contributed by atoms with van der Waals surface area (Å²) in [6.45, 7) is 8.43. The minimum atomic E-state index is -0.149. The summed E-state index contributed by atoms with van der Waals surface area (Å²) in [5.41, 5.74) is 9.94. The number of aryl methyl sites for hydroxylation is 2. The van der Waals surface area contributed by atoms with Gasteiger partial charge in [0.05, 0.1) is 0 Å². The molecule has 0 heterocycles. The number of nitrogens with one attached hydrogen (secondary N) is 1. The summed E-state index contributed by atoms with van der Waals surface area (Å²) >= 11 is 0. The lowest BCUT2D eigenvalue weighted by atomic mass is 9.89. The van der Waals surface area contributed by atoms with E-state index in [0.717, 1.165) is 6.42 Å². The molecule has 2 heteroatoms. The van der Waals surface area contributed by atoms with Crippen molar-refractivity contribution in [2.75, 3.05) is 7.05 Å². The summed E-state index contributed by atoms with van der Waals surface area (Å²) < 4.78 is 0. The van der Waals surface area contributed by atoms with Crippen molar-refractivity contribution < 1.29 is 0 Å². The molecule has 2 nitrogen and oxygen atoms in total. The summed E-state index contributed by atoms with van der Waals surface area (Å²) in [6, 6.07) is 6.92. The molecule has 0 amide bonds. The average Bonchev–Trinajstić information content (AvgIpc) is 2.17. The molecular formula is C14H24N2.